The highest BCUT2D eigenvalue weighted by Crippen LogP contribution is 2.22. The van der Waals surface area contributed by atoms with Gasteiger partial charge >= 0.3 is 0 Å². The summed E-state index contributed by atoms with van der Waals surface area (Å²) >= 11 is 1.57. The van der Waals surface area contributed by atoms with Crippen molar-refractivity contribution in [3.63, 3.8) is 0 Å². The van der Waals surface area contributed by atoms with Crippen LogP contribution in [0.5, 0.6) is 0 Å². The smallest absolute Gasteiger partial charge is 0.269 e. The fourth-order valence-corrected chi connectivity index (χ4v) is 2.01. The largest absolute Gasteiger partial charge is 0.380 e. The number of nitro groups is 1. The quantitative estimate of drug-likeness (QED) is 0.668. The van der Waals surface area contributed by atoms with Gasteiger partial charge in [0.2, 0.25) is 0 Å². The highest BCUT2D eigenvalue weighted by atomic mass is 32.1. The van der Waals surface area contributed by atoms with Gasteiger partial charge in [0.25, 0.3) is 5.69 Å². The Morgan fingerprint density at radius 2 is 2.35 bits per heavy atom. The second-order valence-electron chi connectivity index (χ2n) is 3.58. The number of nitrogens with zero attached hydrogens (tertiary/aromatic N) is 2. The first kappa shape index (κ1) is 11.5. The number of benzene rings is 1. The topological polar surface area (TPSA) is 68.1 Å². The van der Waals surface area contributed by atoms with E-state index in [1.165, 1.54) is 6.07 Å². The summed E-state index contributed by atoms with van der Waals surface area (Å²) in [4.78, 5) is 15.3. The van der Waals surface area contributed by atoms with Crippen molar-refractivity contribution in [3.05, 3.63) is 50.5 Å². The van der Waals surface area contributed by atoms with E-state index in [2.05, 4.69) is 10.3 Å². The standard InChI is InChI=1S/C11H11N3O2S/c1-8-4-9(14(15)16)2-3-11(8)13-6-10-5-12-7-17-10/h2-5,7,13H,6H2,1H3. The molecule has 6 heteroatoms. The zero-order valence-electron chi connectivity index (χ0n) is 9.21. The molecule has 0 fully saturated rings. The van der Waals surface area contributed by atoms with Gasteiger partial charge in [-0.05, 0) is 18.6 Å². The predicted molar refractivity (Wildman–Crippen MR) is 67.3 cm³/mol. The van der Waals surface area contributed by atoms with Crippen molar-refractivity contribution in [2.75, 3.05) is 5.32 Å². The summed E-state index contributed by atoms with van der Waals surface area (Å²) in [6.45, 7) is 2.53. The van der Waals surface area contributed by atoms with Crippen molar-refractivity contribution >= 4 is 22.7 Å². The van der Waals surface area contributed by atoms with Gasteiger partial charge in [0.05, 0.1) is 17.0 Å². The van der Waals surface area contributed by atoms with Crippen molar-refractivity contribution in [1.82, 2.24) is 4.98 Å². The highest BCUT2D eigenvalue weighted by Gasteiger charge is 2.07. The van der Waals surface area contributed by atoms with Gasteiger partial charge < -0.3 is 5.32 Å². The van der Waals surface area contributed by atoms with E-state index in [-0.39, 0.29) is 10.6 Å². The van der Waals surface area contributed by atoms with Crippen molar-refractivity contribution in [2.24, 2.45) is 0 Å². The van der Waals surface area contributed by atoms with Crippen LogP contribution in [-0.4, -0.2) is 9.91 Å². The molecular formula is C11H11N3O2S. The Morgan fingerprint density at radius 3 is 2.94 bits per heavy atom. The molecule has 0 aliphatic heterocycles. The first-order valence-electron chi connectivity index (χ1n) is 5.03. The third-order valence-electron chi connectivity index (χ3n) is 2.36. The Hall–Kier alpha value is -1.95. The van der Waals surface area contributed by atoms with Crippen LogP contribution in [0.15, 0.2) is 29.9 Å². The van der Waals surface area contributed by atoms with Gasteiger partial charge in [-0.25, -0.2) is 0 Å². The zero-order chi connectivity index (χ0) is 12.3. The first-order valence-corrected chi connectivity index (χ1v) is 5.91. The van der Waals surface area contributed by atoms with Crippen LogP contribution >= 0.6 is 11.3 Å². The molecule has 0 aliphatic rings. The fraction of sp³-hybridized carbons (Fsp3) is 0.182. The second kappa shape index (κ2) is 4.92. The van der Waals surface area contributed by atoms with Gasteiger partial charge in [0.1, 0.15) is 0 Å². The van der Waals surface area contributed by atoms with Crippen LogP contribution in [0.4, 0.5) is 11.4 Å². The Bertz CT molecular complexity index is 526. The number of anilines is 1. The number of non-ortho nitro benzene ring substituents is 1. The van der Waals surface area contributed by atoms with E-state index in [4.69, 9.17) is 0 Å². The maximum atomic E-state index is 10.6. The number of hydrogen-bond acceptors (Lipinski definition) is 5. The molecule has 0 amide bonds. The minimum atomic E-state index is -0.389. The molecule has 1 N–H and O–H groups in total. The molecule has 2 rings (SSSR count). The summed E-state index contributed by atoms with van der Waals surface area (Å²) in [5.41, 5.74) is 3.67. The zero-order valence-corrected chi connectivity index (χ0v) is 10.0. The third kappa shape index (κ3) is 2.79. The maximum Gasteiger partial charge on any atom is 0.269 e. The van der Waals surface area contributed by atoms with E-state index >= 15 is 0 Å². The molecule has 0 aliphatic carbocycles. The monoisotopic (exact) mass is 249 g/mol. The van der Waals surface area contributed by atoms with Gasteiger partial charge in [-0.2, -0.15) is 0 Å². The highest BCUT2D eigenvalue weighted by molar-refractivity contribution is 7.09. The minimum absolute atomic E-state index is 0.117. The first-order chi connectivity index (χ1) is 8.16. The van der Waals surface area contributed by atoms with E-state index in [9.17, 15) is 10.1 Å². The lowest BCUT2D eigenvalue weighted by atomic mass is 10.2. The second-order valence-corrected chi connectivity index (χ2v) is 4.55. The van der Waals surface area contributed by atoms with E-state index in [1.54, 1.807) is 35.2 Å². The van der Waals surface area contributed by atoms with E-state index < -0.39 is 0 Å². The summed E-state index contributed by atoms with van der Waals surface area (Å²) in [7, 11) is 0. The number of nitrogens with one attached hydrogen (secondary N) is 1. The van der Waals surface area contributed by atoms with E-state index in [1.807, 2.05) is 6.92 Å². The molecule has 1 aromatic carbocycles. The number of thiazole rings is 1. The lowest BCUT2D eigenvalue weighted by Crippen LogP contribution is -2.00. The van der Waals surface area contributed by atoms with Gasteiger partial charge in [-0.3, -0.25) is 15.1 Å². The van der Waals surface area contributed by atoms with Crippen molar-refractivity contribution in [1.29, 1.82) is 0 Å². The molecular weight excluding hydrogens is 238 g/mol. The van der Waals surface area contributed by atoms with Crippen molar-refractivity contribution in [3.8, 4) is 0 Å². The Balaban J connectivity index is 2.09. The summed E-state index contributed by atoms with van der Waals surface area (Å²) in [6, 6.07) is 4.80. The molecule has 0 radical (unpaired) electrons. The molecule has 1 heterocycles. The number of aryl methyl sites for hydroxylation is 1. The molecule has 88 valence electrons. The van der Waals surface area contributed by atoms with Crippen molar-refractivity contribution in [2.45, 2.75) is 13.5 Å². The molecule has 0 saturated heterocycles. The van der Waals surface area contributed by atoms with Crippen LogP contribution < -0.4 is 5.32 Å². The van der Waals surface area contributed by atoms with E-state index in [0.29, 0.717) is 6.54 Å². The molecule has 17 heavy (non-hydrogen) atoms. The summed E-state index contributed by atoms with van der Waals surface area (Å²) < 4.78 is 0. The number of hydrogen-bond donors (Lipinski definition) is 1. The summed E-state index contributed by atoms with van der Waals surface area (Å²) in [5.74, 6) is 0. The molecule has 2 aromatic rings. The average molecular weight is 249 g/mol. The molecule has 1 aromatic heterocycles. The summed E-state index contributed by atoms with van der Waals surface area (Å²) in [5, 5.41) is 13.8. The predicted octanol–water partition coefficient (Wildman–Crippen LogP) is 2.97. The van der Waals surface area contributed by atoms with Crippen LogP contribution in [-0.2, 0) is 6.54 Å². The Kier molecular flexibility index (Phi) is 3.34. The van der Waals surface area contributed by atoms with Gasteiger partial charge in [-0.15, -0.1) is 11.3 Å². The Morgan fingerprint density at radius 1 is 1.53 bits per heavy atom. The van der Waals surface area contributed by atoms with Gasteiger partial charge in [0, 0.05) is 28.9 Å². The van der Waals surface area contributed by atoms with Crippen LogP contribution in [0.1, 0.15) is 10.4 Å². The molecule has 0 bridgehead atoms. The summed E-state index contributed by atoms with van der Waals surface area (Å²) in [6.07, 6.45) is 1.80. The molecule has 0 atom stereocenters. The minimum Gasteiger partial charge on any atom is -0.380 e. The van der Waals surface area contributed by atoms with Gasteiger partial charge in [-0.1, -0.05) is 0 Å². The average Bonchev–Trinajstić information content (AvgIpc) is 2.80. The molecule has 0 saturated carbocycles. The lowest BCUT2D eigenvalue weighted by molar-refractivity contribution is -0.384. The number of rotatable bonds is 4. The fourth-order valence-electron chi connectivity index (χ4n) is 1.47. The van der Waals surface area contributed by atoms with Crippen LogP contribution in [0.25, 0.3) is 0 Å². The van der Waals surface area contributed by atoms with Crippen LogP contribution in [0, 0.1) is 17.0 Å². The lowest BCUT2D eigenvalue weighted by Gasteiger charge is -2.07. The number of nitro benzene ring substituents is 1. The van der Waals surface area contributed by atoms with Crippen LogP contribution in [0.2, 0.25) is 0 Å². The third-order valence-corrected chi connectivity index (χ3v) is 3.14. The number of aromatic nitrogens is 1. The Labute approximate surface area is 102 Å². The van der Waals surface area contributed by atoms with Gasteiger partial charge in [0.15, 0.2) is 0 Å². The molecule has 0 unspecified atom stereocenters. The molecule has 0 spiro atoms. The van der Waals surface area contributed by atoms with E-state index in [0.717, 1.165) is 16.1 Å². The molecule has 5 nitrogen and oxygen atoms in total. The normalized spacial score (nSPS) is 10.2. The SMILES string of the molecule is Cc1cc([N+](=O)[O-])ccc1NCc1cncs1. The van der Waals surface area contributed by atoms with Crippen molar-refractivity contribution < 1.29 is 4.92 Å². The maximum absolute atomic E-state index is 10.6. The van der Waals surface area contributed by atoms with Crippen LogP contribution in [0.3, 0.4) is 0 Å².